The number of aromatic nitrogens is 3. The molecule has 0 amide bonds. The van der Waals surface area contributed by atoms with Gasteiger partial charge in [0, 0.05) is 29.6 Å². The van der Waals surface area contributed by atoms with E-state index in [4.69, 9.17) is 11.6 Å². The molecule has 4 rings (SSSR count). The Hall–Kier alpha value is -2.05. The molecule has 1 aromatic heterocycles. The zero-order valence-electron chi connectivity index (χ0n) is 12.7. The van der Waals surface area contributed by atoms with Gasteiger partial charge in [-0.25, -0.2) is 4.39 Å². The lowest BCUT2D eigenvalue weighted by atomic mass is 10.2. The van der Waals surface area contributed by atoms with E-state index in [1.54, 1.807) is 23.9 Å². The maximum absolute atomic E-state index is 13.1. The Kier molecular flexibility index (Phi) is 4.16. The molecule has 0 spiro atoms. The monoisotopic (exact) mass is 360 g/mol. The molecule has 0 saturated heterocycles. The second kappa shape index (κ2) is 6.45. The van der Waals surface area contributed by atoms with Gasteiger partial charge in [0.25, 0.3) is 0 Å². The van der Waals surface area contributed by atoms with Crippen molar-refractivity contribution in [2.75, 3.05) is 11.4 Å². The van der Waals surface area contributed by atoms with E-state index in [0.29, 0.717) is 0 Å². The van der Waals surface area contributed by atoms with E-state index in [2.05, 4.69) is 19.7 Å². The standard InChI is InChI=1S/C17H14ClFN4S/c18-13-3-1-2-12(10-13)11-24-17-21-20-16-22(8-9-23(16)17)15-6-4-14(19)5-7-15/h1-7,10H,8-9,11H2. The highest BCUT2D eigenvalue weighted by molar-refractivity contribution is 7.98. The molecule has 3 aromatic rings. The molecular weight excluding hydrogens is 347 g/mol. The van der Waals surface area contributed by atoms with Crippen LogP contribution in [0.3, 0.4) is 0 Å². The molecule has 122 valence electrons. The van der Waals surface area contributed by atoms with Gasteiger partial charge in [-0.15, -0.1) is 10.2 Å². The summed E-state index contributed by atoms with van der Waals surface area (Å²) >= 11 is 7.66. The minimum absolute atomic E-state index is 0.239. The first-order chi connectivity index (χ1) is 11.7. The van der Waals surface area contributed by atoms with E-state index in [-0.39, 0.29) is 5.82 Å². The van der Waals surface area contributed by atoms with Gasteiger partial charge in [0.1, 0.15) is 5.82 Å². The van der Waals surface area contributed by atoms with Gasteiger partial charge >= 0.3 is 0 Å². The summed E-state index contributed by atoms with van der Waals surface area (Å²) in [6.45, 7) is 1.62. The van der Waals surface area contributed by atoms with Gasteiger partial charge < -0.3 is 4.90 Å². The van der Waals surface area contributed by atoms with Crippen LogP contribution in [0.1, 0.15) is 5.56 Å². The van der Waals surface area contributed by atoms with Crippen LogP contribution in [0.2, 0.25) is 5.02 Å². The number of benzene rings is 2. The van der Waals surface area contributed by atoms with E-state index in [1.807, 2.05) is 24.3 Å². The van der Waals surface area contributed by atoms with Crippen LogP contribution in [0.25, 0.3) is 0 Å². The largest absolute Gasteiger partial charge is 0.309 e. The summed E-state index contributed by atoms with van der Waals surface area (Å²) < 4.78 is 15.2. The molecule has 4 nitrogen and oxygen atoms in total. The van der Waals surface area contributed by atoms with Crippen molar-refractivity contribution in [3.8, 4) is 0 Å². The fourth-order valence-corrected chi connectivity index (χ4v) is 3.84. The summed E-state index contributed by atoms with van der Waals surface area (Å²) in [6.07, 6.45) is 0. The van der Waals surface area contributed by atoms with Gasteiger partial charge in [-0.1, -0.05) is 35.5 Å². The van der Waals surface area contributed by atoms with Crippen LogP contribution >= 0.6 is 23.4 Å². The zero-order chi connectivity index (χ0) is 16.5. The fourth-order valence-electron chi connectivity index (χ4n) is 2.72. The number of anilines is 2. The Morgan fingerprint density at radius 1 is 1.08 bits per heavy atom. The van der Waals surface area contributed by atoms with Gasteiger partial charge in [0.15, 0.2) is 5.16 Å². The van der Waals surface area contributed by atoms with Crippen LogP contribution in [0, 0.1) is 5.82 Å². The molecule has 0 bridgehead atoms. The molecule has 0 fully saturated rings. The minimum Gasteiger partial charge on any atom is -0.309 e. The normalized spacial score (nSPS) is 13.3. The van der Waals surface area contributed by atoms with Crippen molar-refractivity contribution >= 4 is 35.0 Å². The average molecular weight is 361 g/mol. The third-order valence-corrected chi connectivity index (χ3v) is 5.15. The van der Waals surface area contributed by atoms with Crippen LogP contribution in [0.5, 0.6) is 0 Å². The molecule has 0 saturated carbocycles. The van der Waals surface area contributed by atoms with Crippen LogP contribution in [-0.2, 0) is 12.3 Å². The van der Waals surface area contributed by atoms with Crippen LogP contribution < -0.4 is 4.90 Å². The van der Waals surface area contributed by atoms with E-state index >= 15 is 0 Å². The lowest BCUT2D eigenvalue weighted by molar-refractivity contribution is 0.627. The number of halogens is 2. The maximum Gasteiger partial charge on any atom is 0.232 e. The molecular formula is C17H14ClFN4S. The van der Waals surface area contributed by atoms with Gasteiger partial charge in [-0.3, -0.25) is 4.57 Å². The first kappa shape index (κ1) is 15.5. The predicted molar refractivity (Wildman–Crippen MR) is 94.4 cm³/mol. The Morgan fingerprint density at radius 2 is 1.92 bits per heavy atom. The van der Waals surface area contributed by atoms with Crippen LogP contribution in [0.4, 0.5) is 16.0 Å². The number of fused-ring (bicyclic) bond motifs is 1. The number of hydrogen-bond acceptors (Lipinski definition) is 4. The van der Waals surface area contributed by atoms with Crippen molar-refractivity contribution in [1.29, 1.82) is 0 Å². The van der Waals surface area contributed by atoms with Crippen molar-refractivity contribution in [2.24, 2.45) is 0 Å². The van der Waals surface area contributed by atoms with Crippen molar-refractivity contribution < 1.29 is 4.39 Å². The molecule has 0 N–H and O–H groups in total. The van der Waals surface area contributed by atoms with E-state index in [0.717, 1.165) is 46.2 Å². The first-order valence-electron chi connectivity index (χ1n) is 7.54. The lowest BCUT2D eigenvalue weighted by Gasteiger charge is -2.14. The minimum atomic E-state index is -0.239. The zero-order valence-corrected chi connectivity index (χ0v) is 14.3. The van der Waals surface area contributed by atoms with Gasteiger partial charge in [0.2, 0.25) is 5.95 Å². The molecule has 24 heavy (non-hydrogen) atoms. The third-order valence-electron chi connectivity index (χ3n) is 3.88. The van der Waals surface area contributed by atoms with E-state index in [9.17, 15) is 4.39 Å². The number of hydrogen-bond donors (Lipinski definition) is 0. The Labute approximate surface area is 148 Å². The summed E-state index contributed by atoms with van der Waals surface area (Å²) in [5.41, 5.74) is 2.08. The van der Waals surface area contributed by atoms with Crippen molar-refractivity contribution in [2.45, 2.75) is 17.5 Å². The third kappa shape index (κ3) is 2.99. The second-order valence-corrected chi connectivity index (χ2v) is 6.86. The summed E-state index contributed by atoms with van der Waals surface area (Å²) in [5, 5.41) is 10.2. The van der Waals surface area contributed by atoms with E-state index in [1.165, 1.54) is 12.1 Å². The van der Waals surface area contributed by atoms with Gasteiger partial charge in [-0.05, 0) is 42.0 Å². The first-order valence-corrected chi connectivity index (χ1v) is 8.90. The molecule has 2 heterocycles. The molecule has 0 radical (unpaired) electrons. The Morgan fingerprint density at radius 3 is 2.71 bits per heavy atom. The molecule has 0 aliphatic carbocycles. The molecule has 1 aliphatic heterocycles. The molecule has 0 unspecified atom stereocenters. The van der Waals surface area contributed by atoms with Crippen molar-refractivity contribution in [1.82, 2.24) is 14.8 Å². The highest BCUT2D eigenvalue weighted by Crippen LogP contribution is 2.33. The quantitative estimate of drug-likeness (QED) is 0.641. The lowest BCUT2D eigenvalue weighted by Crippen LogP contribution is -2.14. The molecule has 0 atom stereocenters. The SMILES string of the molecule is Fc1ccc(N2CCn3c(SCc4cccc(Cl)c4)nnc32)cc1. The highest BCUT2D eigenvalue weighted by atomic mass is 35.5. The Bertz CT molecular complexity index is 865. The number of rotatable bonds is 4. The van der Waals surface area contributed by atoms with Crippen LogP contribution in [-0.4, -0.2) is 21.3 Å². The predicted octanol–water partition coefficient (Wildman–Crippen LogP) is 4.51. The summed E-state index contributed by atoms with van der Waals surface area (Å²) in [7, 11) is 0. The fraction of sp³-hybridized carbons (Fsp3) is 0.176. The topological polar surface area (TPSA) is 34.0 Å². The van der Waals surface area contributed by atoms with Crippen molar-refractivity contribution in [3.63, 3.8) is 0 Å². The smallest absolute Gasteiger partial charge is 0.232 e. The van der Waals surface area contributed by atoms with E-state index < -0.39 is 0 Å². The summed E-state index contributed by atoms with van der Waals surface area (Å²) in [5.74, 6) is 1.35. The van der Waals surface area contributed by atoms with Gasteiger partial charge in [0.05, 0.1) is 0 Å². The van der Waals surface area contributed by atoms with Crippen molar-refractivity contribution in [3.05, 3.63) is 64.9 Å². The van der Waals surface area contributed by atoms with Crippen LogP contribution in [0.15, 0.2) is 53.7 Å². The second-order valence-electron chi connectivity index (χ2n) is 5.48. The Balaban J connectivity index is 1.52. The number of thioether (sulfide) groups is 1. The molecule has 2 aromatic carbocycles. The highest BCUT2D eigenvalue weighted by Gasteiger charge is 2.25. The van der Waals surface area contributed by atoms with Gasteiger partial charge in [-0.2, -0.15) is 0 Å². The summed E-state index contributed by atoms with van der Waals surface area (Å²) in [6, 6.07) is 14.3. The molecule has 1 aliphatic rings. The average Bonchev–Trinajstić information content (AvgIpc) is 3.16. The summed E-state index contributed by atoms with van der Waals surface area (Å²) in [4.78, 5) is 2.05. The molecule has 7 heteroatoms. The number of nitrogens with zero attached hydrogens (tertiary/aromatic N) is 4. The maximum atomic E-state index is 13.1.